The summed E-state index contributed by atoms with van der Waals surface area (Å²) in [5, 5.41) is 10.9. The second-order valence-corrected chi connectivity index (χ2v) is 4.17. The van der Waals surface area contributed by atoms with Crippen LogP contribution in [0.15, 0.2) is 12.1 Å². The number of carbonyl (C=O) groups excluding carboxylic acids is 1. The lowest BCUT2D eigenvalue weighted by Crippen LogP contribution is -2.39. The van der Waals surface area contributed by atoms with E-state index >= 15 is 0 Å². The smallest absolute Gasteiger partial charge is 0.295 e. The van der Waals surface area contributed by atoms with Gasteiger partial charge in [-0.15, -0.1) is 0 Å². The number of rotatable bonds is 5. The minimum Gasteiger partial charge on any atom is -0.368 e. The molecule has 0 heterocycles. The van der Waals surface area contributed by atoms with E-state index in [-0.39, 0.29) is 0 Å². The fourth-order valence-corrected chi connectivity index (χ4v) is 1.64. The summed E-state index contributed by atoms with van der Waals surface area (Å²) < 4.78 is 27.1. The molecule has 0 aromatic heterocycles. The number of carbonyl (C=O) groups is 1. The van der Waals surface area contributed by atoms with Crippen LogP contribution in [-0.2, 0) is 4.79 Å². The van der Waals surface area contributed by atoms with Gasteiger partial charge in [-0.05, 0) is 19.9 Å². The van der Waals surface area contributed by atoms with Crippen LogP contribution in [0.1, 0.15) is 13.8 Å². The highest BCUT2D eigenvalue weighted by Crippen LogP contribution is 2.33. The zero-order valence-electron chi connectivity index (χ0n) is 10.4. The number of benzene rings is 1. The molecular formula is C11H13F2N3O3. The lowest BCUT2D eigenvalue weighted by atomic mass is 10.2. The van der Waals surface area contributed by atoms with E-state index in [1.807, 2.05) is 0 Å². The summed E-state index contributed by atoms with van der Waals surface area (Å²) in [7, 11) is 0. The van der Waals surface area contributed by atoms with Crippen LogP contribution in [0, 0.1) is 21.7 Å². The maximum Gasteiger partial charge on any atom is 0.295 e. The first-order valence-corrected chi connectivity index (χ1v) is 5.43. The molecule has 0 saturated heterocycles. The number of nitrogens with zero attached hydrogens (tertiary/aromatic N) is 2. The monoisotopic (exact) mass is 273 g/mol. The third kappa shape index (κ3) is 3.15. The third-order valence-corrected chi connectivity index (χ3v) is 2.48. The fourth-order valence-electron chi connectivity index (χ4n) is 1.64. The van der Waals surface area contributed by atoms with E-state index in [4.69, 9.17) is 5.73 Å². The van der Waals surface area contributed by atoms with E-state index < -0.39 is 46.4 Å². The molecule has 1 aromatic rings. The van der Waals surface area contributed by atoms with Gasteiger partial charge in [0.1, 0.15) is 0 Å². The lowest BCUT2D eigenvalue weighted by molar-refractivity contribution is -0.384. The molecule has 0 bridgehead atoms. The molecule has 0 spiro atoms. The van der Waals surface area contributed by atoms with Crippen molar-refractivity contribution < 1.29 is 18.5 Å². The molecule has 0 radical (unpaired) electrons. The molecule has 104 valence electrons. The van der Waals surface area contributed by atoms with E-state index in [9.17, 15) is 23.7 Å². The molecule has 1 amide bonds. The van der Waals surface area contributed by atoms with Gasteiger partial charge in [0.2, 0.25) is 5.91 Å². The van der Waals surface area contributed by atoms with Crippen LogP contribution in [0.25, 0.3) is 0 Å². The summed E-state index contributed by atoms with van der Waals surface area (Å²) in [5.41, 5.74) is 3.83. The molecule has 19 heavy (non-hydrogen) atoms. The lowest BCUT2D eigenvalue weighted by Gasteiger charge is -2.27. The van der Waals surface area contributed by atoms with Gasteiger partial charge in [0, 0.05) is 12.1 Å². The van der Waals surface area contributed by atoms with Crippen molar-refractivity contribution in [1.29, 1.82) is 0 Å². The molecule has 8 heteroatoms. The van der Waals surface area contributed by atoms with Gasteiger partial charge in [0.25, 0.3) is 5.69 Å². The number of anilines is 1. The van der Waals surface area contributed by atoms with Crippen LogP contribution in [0.5, 0.6) is 0 Å². The largest absolute Gasteiger partial charge is 0.368 e. The quantitative estimate of drug-likeness (QED) is 0.651. The molecule has 1 aromatic carbocycles. The number of nitrogens with two attached hydrogens (primary N) is 1. The van der Waals surface area contributed by atoms with Crippen molar-refractivity contribution in [3.63, 3.8) is 0 Å². The summed E-state index contributed by atoms with van der Waals surface area (Å²) in [5.74, 6) is -3.40. The number of hydrogen-bond donors (Lipinski definition) is 1. The van der Waals surface area contributed by atoms with Crippen molar-refractivity contribution in [2.24, 2.45) is 5.73 Å². The molecule has 0 atom stereocenters. The van der Waals surface area contributed by atoms with Crippen LogP contribution in [0.3, 0.4) is 0 Å². The Balaban J connectivity index is 3.46. The molecule has 0 aliphatic carbocycles. The van der Waals surface area contributed by atoms with Gasteiger partial charge in [0.15, 0.2) is 17.3 Å². The molecule has 0 saturated carbocycles. The Labute approximate surface area is 108 Å². The van der Waals surface area contributed by atoms with Crippen molar-refractivity contribution in [2.75, 3.05) is 11.4 Å². The Morgan fingerprint density at radius 3 is 2.47 bits per heavy atom. The second kappa shape index (κ2) is 5.59. The van der Waals surface area contributed by atoms with E-state index in [0.717, 1.165) is 11.0 Å². The topological polar surface area (TPSA) is 89.5 Å². The first-order valence-electron chi connectivity index (χ1n) is 5.43. The highest BCUT2D eigenvalue weighted by atomic mass is 19.2. The molecule has 0 fully saturated rings. The number of primary amides is 1. The van der Waals surface area contributed by atoms with E-state index in [0.29, 0.717) is 6.07 Å². The van der Waals surface area contributed by atoms with Gasteiger partial charge < -0.3 is 10.6 Å². The average molecular weight is 273 g/mol. The highest BCUT2D eigenvalue weighted by molar-refractivity contribution is 5.81. The predicted molar refractivity (Wildman–Crippen MR) is 64.7 cm³/mol. The number of hydrogen-bond acceptors (Lipinski definition) is 4. The zero-order valence-corrected chi connectivity index (χ0v) is 10.4. The summed E-state index contributed by atoms with van der Waals surface area (Å²) >= 11 is 0. The normalized spacial score (nSPS) is 10.6. The maximum atomic E-state index is 13.8. The first kappa shape index (κ1) is 14.8. The Morgan fingerprint density at radius 2 is 2.05 bits per heavy atom. The standard InChI is InChI=1S/C11H13F2N3O3/c1-6(2)15(5-9(14)17)11-8(16(18)19)4-3-7(12)10(11)13/h3-4,6H,5H2,1-2H3,(H2,14,17). The number of nitro benzene ring substituents is 1. The Bertz CT molecular complexity index is 520. The van der Waals surface area contributed by atoms with Crippen molar-refractivity contribution >= 4 is 17.3 Å². The molecule has 1 rings (SSSR count). The number of nitro groups is 1. The van der Waals surface area contributed by atoms with Crippen LogP contribution < -0.4 is 10.6 Å². The molecule has 0 unspecified atom stereocenters. The molecule has 6 nitrogen and oxygen atoms in total. The van der Waals surface area contributed by atoms with Crippen molar-refractivity contribution in [2.45, 2.75) is 19.9 Å². The first-order chi connectivity index (χ1) is 8.75. The Hall–Kier alpha value is -2.25. The second-order valence-electron chi connectivity index (χ2n) is 4.17. The summed E-state index contributed by atoms with van der Waals surface area (Å²) in [6.07, 6.45) is 0. The number of amides is 1. The SMILES string of the molecule is CC(C)N(CC(N)=O)c1c([N+](=O)[O-])ccc(F)c1F. The number of halogens is 2. The highest BCUT2D eigenvalue weighted by Gasteiger charge is 2.28. The third-order valence-electron chi connectivity index (χ3n) is 2.48. The van der Waals surface area contributed by atoms with Crippen LogP contribution in [0.2, 0.25) is 0 Å². The van der Waals surface area contributed by atoms with E-state index in [2.05, 4.69) is 0 Å². The van der Waals surface area contributed by atoms with E-state index in [1.54, 1.807) is 13.8 Å². The predicted octanol–water partition coefficient (Wildman–Crippen LogP) is 1.57. The van der Waals surface area contributed by atoms with Gasteiger partial charge in [-0.25, -0.2) is 8.78 Å². The maximum absolute atomic E-state index is 13.8. The minimum absolute atomic E-state index is 0.446. The summed E-state index contributed by atoms with van der Waals surface area (Å²) in [6, 6.07) is 1.05. The van der Waals surface area contributed by atoms with Gasteiger partial charge in [-0.1, -0.05) is 0 Å². The van der Waals surface area contributed by atoms with Crippen molar-refractivity contribution in [1.82, 2.24) is 0 Å². The van der Waals surface area contributed by atoms with Gasteiger partial charge in [0.05, 0.1) is 11.5 Å². The zero-order chi connectivity index (χ0) is 14.7. The summed E-state index contributed by atoms with van der Waals surface area (Å²) in [6.45, 7) is 2.72. The fraction of sp³-hybridized carbons (Fsp3) is 0.364. The Morgan fingerprint density at radius 1 is 1.47 bits per heavy atom. The van der Waals surface area contributed by atoms with Crippen LogP contribution in [0.4, 0.5) is 20.2 Å². The van der Waals surface area contributed by atoms with Gasteiger partial charge in [-0.2, -0.15) is 0 Å². The van der Waals surface area contributed by atoms with Gasteiger partial charge in [-0.3, -0.25) is 14.9 Å². The van der Waals surface area contributed by atoms with Crippen LogP contribution >= 0.6 is 0 Å². The van der Waals surface area contributed by atoms with Gasteiger partial charge >= 0.3 is 0 Å². The minimum atomic E-state index is -1.37. The average Bonchev–Trinajstić information content (AvgIpc) is 2.29. The molecule has 0 aliphatic heterocycles. The molecular weight excluding hydrogens is 260 g/mol. The van der Waals surface area contributed by atoms with Crippen LogP contribution in [-0.4, -0.2) is 23.4 Å². The molecule has 2 N–H and O–H groups in total. The molecule has 0 aliphatic rings. The van der Waals surface area contributed by atoms with Crippen molar-refractivity contribution in [3.05, 3.63) is 33.9 Å². The van der Waals surface area contributed by atoms with E-state index in [1.165, 1.54) is 0 Å². The summed E-state index contributed by atoms with van der Waals surface area (Å²) in [4.78, 5) is 22.0. The van der Waals surface area contributed by atoms with Crippen molar-refractivity contribution in [3.8, 4) is 0 Å². The Kier molecular flexibility index (Phi) is 4.36.